The summed E-state index contributed by atoms with van der Waals surface area (Å²) in [5.74, 6) is 1.72. The molecule has 0 amide bonds. The highest BCUT2D eigenvalue weighted by Crippen LogP contribution is 2.18. The highest BCUT2D eigenvalue weighted by atomic mass is 16.5. The van der Waals surface area contributed by atoms with Crippen LogP contribution in [0.1, 0.15) is 13.8 Å². The fraction of sp³-hybridized carbons (Fsp3) is 0.500. The number of benzene rings is 1. The molecular formula is C12H19NO2. The maximum atomic E-state index is 5.55. The van der Waals surface area contributed by atoms with E-state index in [2.05, 4.69) is 12.2 Å². The first-order chi connectivity index (χ1) is 7.36. The lowest BCUT2D eigenvalue weighted by molar-refractivity contribution is 0.307. The lowest BCUT2D eigenvalue weighted by atomic mass is 10.3. The second-order valence-corrected chi connectivity index (χ2v) is 3.11. The molecule has 0 radical (unpaired) electrons. The number of hydrogen-bond donors (Lipinski definition) is 1. The smallest absolute Gasteiger partial charge is 0.123 e. The molecule has 0 bridgehead atoms. The average Bonchev–Trinajstić information content (AvgIpc) is 2.26. The minimum atomic E-state index is 0.681. The first-order valence-electron chi connectivity index (χ1n) is 5.43. The van der Waals surface area contributed by atoms with Crippen molar-refractivity contribution in [1.29, 1.82) is 0 Å². The Morgan fingerprint density at radius 2 is 1.87 bits per heavy atom. The van der Waals surface area contributed by atoms with Crippen LogP contribution in [0.25, 0.3) is 0 Å². The van der Waals surface area contributed by atoms with E-state index in [-0.39, 0.29) is 0 Å². The summed E-state index contributed by atoms with van der Waals surface area (Å²) in [6.07, 6.45) is 0. The van der Waals surface area contributed by atoms with Crippen molar-refractivity contribution in [2.75, 3.05) is 26.3 Å². The topological polar surface area (TPSA) is 30.5 Å². The molecule has 1 aromatic rings. The van der Waals surface area contributed by atoms with Crippen LogP contribution >= 0.6 is 0 Å². The third-order valence-electron chi connectivity index (χ3n) is 1.91. The first-order valence-corrected chi connectivity index (χ1v) is 5.43. The standard InChI is InChI=1S/C12H19NO2/c1-3-13-8-9-15-12-7-5-6-11(10-12)14-4-2/h5-7,10,13H,3-4,8-9H2,1-2H3. The van der Waals surface area contributed by atoms with Gasteiger partial charge in [-0.05, 0) is 25.6 Å². The molecule has 0 spiro atoms. The molecule has 0 aliphatic rings. The Bertz CT molecular complexity index is 276. The van der Waals surface area contributed by atoms with E-state index in [1.807, 2.05) is 31.2 Å². The molecular weight excluding hydrogens is 190 g/mol. The van der Waals surface area contributed by atoms with Gasteiger partial charge in [-0.15, -0.1) is 0 Å². The van der Waals surface area contributed by atoms with Gasteiger partial charge in [-0.2, -0.15) is 0 Å². The summed E-state index contributed by atoms with van der Waals surface area (Å²) in [6, 6.07) is 7.72. The van der Waals surface area contributed by atoms with Crippen molar-refractivity contribution in [1.82, 2.24) is 5.32 Å². The Morgan fingerprint density at radius 1 is 1.13 bits per heavy atom. The zero-order valence-corrected chi connectivity index (χ0v) is 9.45. The molecule has 15 heavy (non-hydrogen) atoms. The van der Waals surface area contributed by atoms with Crippen molar-refractivity contribution in [3.63, 3.8) is 0 Å². The molecule has 0 heterocycles. The van der Waals surface area contributed by atoms with Crippen molar-refractivity contribution in [2.45, 2.75) is 13.8 Å². The van der Waals surface area contributed by atoms with E-state index in [4.69, 9.17) is 9.47 Å². The van der Waals surface area contributed by atoms with E-state index < -0.39 is 0 Å². The Labute approximate surface area is 91.4 Å². The van der Waals surface area contributed by atoms with Crippen molar-refractivity contribution >= 4 is 0 Å². The number of hydrogen-bond acceptors (Lipinski definition) is 3. The summed E-state index contributed by atoms with van der Waals surface area (Å²) < 4.78 is 10.9. The molecule has 0 aliphatic heterocycles. The van der Waals surface area contributed by atoms with Crippen LogP contribution < -0.4 is 14.8 Å². The maximum absolute atomic E-state index is 5.55. The third-order valence-corrected chi connectivity index (χ3v) is 1.91. The minimum Gasteiger partial charge on any atom is -0.494 e. The van der Waals surface area contributed by atoms with E-state index in [1.165, 1.54) is 0 Å². The fourth-order valence-electron chi connectivity index (χ4n) is 1.24. The SMILES string of the molecule is CCNCCOc1cccc(OCC)c1. The van der Waals surface area contributed by atoms with Crippen molar-refractivity contribution < 1.29 is 9.47 Å². The summed E-state index contributed by atoms with van der Waals surface area (Å²) in [7, 11) is 0. The summed E-state index contributed by atoms with van der Waals surface area (Å²) in [6.45, 7) is 7.26. The van der Waals surface area contributed by atoms with Crippen molar-refractivity contribution in [3.8, 4) is 11.5 Å². The van der Waals surface area contributed by atoms with Gasteiger partial charge in [-0.25, -0.2) is 0 Å². The second kappa shape index (κ2) is 7.12. The molecule has 0 fully saturated rings. The lowest BCUT2D eigenvalue weighted by Crippen LogP contribution is -2.20. The van der Waals surface area contributed by atoms with Crippen LogP contribution in [0.4, 0.5) is 0 Å². The average molecular weight is 209 g/mol. The summed E-state index contributed by atoms with van der Waals surface area (Å²) in [5, 5.41) is 3.20. The van der Waals surface area contributed by atoms with Crippen LogP contribution in [0.2, 0.25) is 0 Å². The summed E-state index contributed by atoms with van der Waals surface area (Å²) in [4.78, 5) is 0. The number of nitrogens with one attached hydrogen (secondary N) is 1. The highest BCUT2D eigenvalue weighted by Gasteiger charge is 1.96. The molecule has 0 saturated carbocycles. The summed E-state index contributed by atoms with van der Waals surface area (Å²) in [5.41, 5.74) is 0. The Kier molecular flexibility index (Phi) is 5.63. The van der Waals surface area contributed by atoms with E-state index in [1.54, 1.807) is 0 Å². The number of ether oxygens (including phenoxy) is 2. The van der Waals surface area contributed by atoms with Crippen LogP contribution in [-0.4, -0.2) is 26.3 Å². The van der Waals surface area contributed by atoms with Crippen molar-refractivity contribution in [2.24, 2.45) is 0 Å². The van der Waals surface area contributed by atoms with Gasteiger partial charge in [-0.3, -0.25) is 0 Å². The Hall–Kier alpha value is -1.22. The molecule has 0 unspecified atom stereocenters. The predicted octanol–water partition coefficient (Wildman–Crippen LogP) is 2.07. The molecule has 84 valence electrons. The van der Waals surface area contributed by atoms with E-state index in [0.717, 1.165) is 24.6 Å². The van der Waals surface area contributed by atoms with Crippen LogP contribution in [0, 0.1) is 0 Å². The largest absolute Gasteiger partial charge is 0.494 e. The van der Waals surface area contributed by atoms with Gasteiger partial charge in [0, 0.05) is 12.6 Å². The third kappa shape index (κ3) is 4.70. The van der Waals surface area contributed by atoms with Gasteiger partial charge in [0.25, 0.3) is 0 Å². The fourth-order valence-corrected chi connectivity index (χ4v) is 1.24. The summed E-state index contributed by atoms with van der Waals surface area (Å²) >= 11 is 0. The second-order valence-electron chi connectivity index (χ2n) is 3.11. The van der Waals surface area contributed by atoms with Crippen LogP contribution in [0.3, 0.4) is 0 Å². The molecule has 0 aliphatic carbocycles. The quantitative estimate of drug-likeness (QED) is 0.697. The van der Waals surface area contributed by atoms with E-state index in [0.29, 0.717) is 13.2 Å². The molecule has 1 N–H and O–H groups in total. The van der Waals surface area contributed by atoms with Gasteiger partial charge in [0.1, 0.15) is 18.1 Å². The van der Waals surface area contributed by atoms with E-state index >= 15 is 0 Å². The number of rotatable bonds is 7. The Balaban J connectivity index is 2.36. The molecule has 0 atom stereocenters. The molecule has 1 aromatic carbocycles. The normalized spacial score (nSPS) is 10.0. The molecule has 0 aromatic heterocycles. The van der Waals surface area contributed by atoms with Crippen LogP contribution in [0.15, 0.2) is 24.3 Å². The van der Waals surface area contributed by atoms with Gasteiger partial charge < -0.3 is 14.8 Å². The Morgan fingerprint density at radius 3 is 2.53 bits per heavy atom. The maximum Gasteiger partial charge on any atom is 0.123 e. The van der Waals surface area contributed by atoms with E-state index in [9.17, 15) is 0 Å². The zero-order chi connectivity index (χ0) is 10.9. The lowest BCUT2D eigenvalue weighted by Gasteiger charge is -2.08. The highest BCUT2D eigenvalue weighted by molar-refractivity contribution is 5.32. The van der Waals surface area contributed by atoms with Crippen molar-refractivity contribution in [3.05, 3.63) is 24.3 Å². The van der Waals surface area contributed by atoms with Crippen LogP contribution in [0.5, 0.6) is 11.5 Å². The predicted molar refractivity (Wildman–Crippen MR) is 61.6 cm³/mol. The van der Waals surface area contributed by atoms with Gasteiger partial charge in [0.15, 0.2) is 0 Å². The zero-order valence-electron chi connectivity index (χ0n) is 9.45. The van der Waals surface area contributed by atoms with Gasteiger partial charge in [0.05, 0.1) is 6.61 Å². The molecule has 3 nitrogen and oxygen atoms in total. The monoisotopic (exact) mass is 209 g/mol. The first kappa shape index (κ1) is 11.9. The van der Waals surface area contributed by atoms with Gasteiger partial charge in [0.2, 0.25) is 0 Å². The number of likely N-dealkylation sites (N-methyl/N-ethyl adjacent to an activating group) is 1. The van der Waals surface area contributed by atoms with Crippen LogP contribution in [-0.2, 0) is 0 Å². The molecule has 1 rings (SSSR count). The molecule has 3 heteroatoms. The molecule has 0 saturated heterocycles. The minimum absolute atomic E-state index is 0.681. The van der Waals surface area contributed by atoms with Gasteiger partial charge in [-0.1, -0.05) is 13.0 Å². The van der Waals surface area contributed by atoms with Gasteiger partial charge >= 0.3 is 0 Å².